The number of anilines is 1. The molecule has 68 valence electrons. The lowest BCUT2D eigenvalue weighted by Gasteiger charge is -2.00. The number of non-ortho nitro benzene ring substituents is 1. The van der Waals surface area contributed by atoms with Crippen molar-refractivity contribution in [3.8, 4) is 5.75 Å². The number of rotatable bonds is 3. The van der Waals surface area contributed by atoms with Crippen molar-refractivity contribution < 1.29 is 14.5 Å². The number of hydrogen-bond donors (Lipinski definition) is 1. The summed E-state index contributed by atoms with van der Waals surface area (Å²) < 4.78 is 4.44. The summed E-state index contributed by atoms with van der Waals surface area (Å²) in [6.45, 7) is 0.206. The van der Waals surface area contributed by atoms with E-state index in [9.17, 15) is 14.9 Å². The summed E-state index contributed by atoms with van der Waals surface area (Å²) in [4.78, 5) is 19.6. The van der Waals surface area contributed by atoms with Gasteiger partial charge in [-0.15, -0.1) is 0 Å². The highest BCUT2D eigenvalue weighted by atomic mass is 16.6. The van der Waals surface area contributed by atoms with Gasteiger partial charge in [-0.2, -0.15) is 0 Å². The number of hydrogen-bond acceptors (Lipinski definition) is 5. The first-order valence-electron chi connectivity index (χ1n) is 3.29. The first kappa shape index (κ1) is 8.98. The lowest BCUT2D eigenvalue weighted by molar-refractivity contribution is -0.384. The molecule has 0 spiro atoms. The molecule has 0 fully saturated rings. The maximum absolute atomic E-state index is 10.3. The van der Waals surface area contributed by atoms with Crippen LogP contribution in [0.15, 0.2) is 18.2 Å². The number of nitro groups is 1. The molecule has 0 aliphatic rings. The van der Waals surface area contributed by atoms with Crippen molar-refractivity contribution in [2.75, 3.05) is 5.73 Å². The van der Waals surface area contributed by atoms with E-state index in [2.05, 4.69) is 4.74 Å². The van der Waals surface area contributed by atoms with Crippen LogP contribution in [0.4, 0.5) is 11.4 Å². The number of carbonyl (C=O) groups is 1. The fraction of sp³-hybridized carbons (Fsp3) is 0. The van der Waals surface area contributed by atoms with Gasteiger partial charge in [0.2, 0.25) is 0 Å². The van der Waals surface area contributed by atoms with Gasteiger partial charge < -0.3 is 10.5 Å². The molecule has 1 aromatic rings. The van der Waals surface area contributed by atoms with E-state index >= 15 is 0 Å². The summed E-state index contributed by atoms with van der Waals surface area (Å²) in [5.41, 5.74) is 5.27. The van der Waals surface area contributed by atoms with E-state index in [-0.39, 0.29) is 23.6 Å². The van der Waals surface area contributed by atoms with Crippen LogP contribution >= 0.6 is 0 Å². The minimum Gasteiger partial charge on any atom is -0.427 e. The third-order valence-corrected chi connectivity index (χ3v) is 1.38. The average molecular weight is 182 g/mol. The van der Waals surface area contributed by atoms with Crippen LogP contribution in [0.25, 0.3) is 0 Å². The Labute approximate surface area is 73.1 Å². The molecule has 0 unspecified atom stereocenters. The van der Waals surface area contributed by atoms with Crippen LogP contribution in [0.5, 0.6) is 5.75 Å². The largest absolute Gasteiger partial charge is 0.427 e. The van der Waals surface area contributed by atoms with Gasteiger partial charge in [0.1, 0.15) is 0 Å². The van der Waals surface area contributed by atoms with Crippen LogP contribution in [0.1, 0.15) is 0 Å². The van der Waals surface area contributed by atoms with Crippen molar-refractivity contribution in [3.05, 3.63) is 28.3 Å². The molecule has 0 aliphatic carbocycles. The Hall–Kier alpha value is -2.11. The predicted octanol–water partition coefficient (Wildman–Crippen LogP) is 0.712. The van der Waals surface area contributed by atoms with Crippen LogP contribution in [-0.2, 0) is 4.79 Å². The second kappa shape index (κ2) is 3.53. The predicted molar refractivity (Wildman–Crippen MR) is 44.2 cm³/mol. The Morgan fingerprint density at radius 3 is 2.69 bits per heavy atom. The zero-order valence-corrected chi connectivity index (χ0v) is 6.47. The van der Waals surface area contributed by atoms with Gasteiger partial charge in [-0.3, -0.25) is 14.9 Å². The third kappa shape index (κ3) is 1.92. The van der Waals surface area contributed by atoms with Crippen LogP contribution < -0.4 is 10.5 Å². The van der Waals surface area contributed by atoms with E-state index in [4.69, 9.17) is 5.73 Å². The molecular formula is C7H6N2O4. The molecule has 6 nitrogen and oxygen atoms in total. The molecule has 1 rings (SSSR count). The molecule has 0 aromatic heterocycles. The monoisotopic (exact) mass is 182 g/mol. The number of nitro benzene ring substituents is 1. The minimum atomic E-state index is -0.582. The van der Waals surface area contributed by atoms with E-state index in [0.29, 0.717) is 0 Å². The second-order valence-electron chi connectivity index (χ2n) is 2.19. The third-order valence-electron chi connectivity index (χ3n) is 1.38. The van der Waals surface area contributed by atoms with E-state index in [1.54, 1.807) is 0 Å². The zero-order valence-electron chi connectivity index (χ0n) is 6.47. The zero-order chi connectivity index (χ0) is 9.84. The Balaban J connectivity index is 3.04. The number of nitrogens with zero attached hydrogens (tertiary/aromatic N) is 1. The van der Waals surface area contributed by atoms with E-state index in [1.165, 1.54) is 12.1 Å². The lowest BCUT2D eigenvalue weighted by atomic mass is 10.2. The highest BCUT2D eigenvalue weighted by molar-refractivity contribution is 5.61. The molecule has 0 saturated heterocycles. The Morgan fingerprint density at radius 2 is 2.23 bits per heavy atom. The van der Waals surface area contributed by atoms with Crippen LogP contribution in [0.2, 0.25) is 0 Å². The Bertz CT molecular complexity index is 350. The van der Waals surface area contributed by atoms with Gasteiger partial charge in [0.25, 0.3) is 12.2 Å². The van der Waals surface area contributed by atoms with Crippen molar-refractivity contribution in [2.24, 2.45) is 0 Å². The van der Waals surface area contributed by atoms with Crippen molar-refractivity contribution in [3.63, 3.8) is 0 Å². The van der Waals surface area contributed by atoms with Crippen molar-refractivity contribution in [1.82, 2.24) is 0 Å². The van der Waals surface area contributed by atoms with Crippen LogP contribution in [-0.4, -0.2) is 11.4 Å². The SMILES string of the molecule is Nc1cc([N+](=O)[O-])ccc1OC=O. The summed E-state index contributed by atoms with van der Waals surface area (Å²) in [6.07, 6.45) is 0. The van der Waals surface area contributed by atoms with Crippen molar-refractivity contribution >= 4 is 17.8 Å². The molecule has 0 saturated carbocycles. The fourth-order valence-corrected chi connectivity index (χ4v) is 0.809. The molecular weight excluding hydrogens is 176 g/mol. The number of ether oxygens (including phenoxy) is 1. The van der Waals surface area contributed by atoms with Gasteiger partial charge in [0, 0.05) is 12.1 Å². The smallest absolute Gasteiger partial charge is 0.298 e. The Kier molecular flexibility index (Phi) is 2.44. The molecule has 0 bridgehead atoms. The topological polar surface area (TPSA) is 95.5 Å². The second-order valence-corrected chi connectivity index (χ2v) is 2.19. The van der Waals surface area contributed by atoms with Gasteiger partial charge in [0.05, 0.1) is 10.6 Å². The minimum absolute atomic E-state index is 0.0568. The molecule has 0 atom stereocenters. The van der Waals surface area contributed by atoms with Gasteiger partial charge in [-0.25, -0.2) is 0 Å². The maximum atomic E-state index is 10.3. The van der Waals surface area contributed by atoms with E-state index in [0.717, 1.165) is 6.07 Å². The molecule has 6 heteroatoms. The highest BCUT2D eigenvalue weighted by Crippen LogP contribution is 2.25. The molecule has 0 amide bonds. The molecule has 13 heavy (non-hydrogen) atoms. The fourth-order valence-electron chi connectivity index (χ4n) is 0.809. The van der Waals surface area contributed by atoms with Crippen molar-refractivity contribution in [2.45, 2.75) is 0 Å². The van der Waals surface area contributed by atoms with Gasteiger partial charge in [0.15, 0.2) is 5.75 Å². The molecule has 0 heterocycles. The van der Waals surface area contributed by atoms with E-state index < -0.39 is 4.92 Å². The number of carbonyl (C=O) groups excluding carboxylic acids is 1. The summed E-state index contributed by atoms with van der Waals surface area (Å²) in [5, 5.41) is 10.3. The van der Waals surface area contributed by atoms with Crippen molar-refractivity contribution in [1.29, 1.82) is 0 Å². The van der Waals surface area contributed by atoms with Crippen LogP contribution in [0, 0.1) is 10.1 Å². The summed E-state index contributed by atoms with van der Waals surface area (Å²) in [6, 6.07) is 3.59. The molecule has 2 N–H and O–H groups in total. The van der Waals surface area contributed by atoms with Gasteiger partial charge in [-0.05, 0) is 6.07 Å². The Morgan fingerprint density at radius 1 is 1.54 bits per heavy atom. The molecule has 1 aromatic carbocycles. The van der Waals surface area contributed by atoms with E-state index in [1.807, 2.05) is 0 Å². The molecule has 0 aliphatic heterocycles. The lowest BCUT2D eigenvalue weighted by Crippen LogP contribution is -1.96. The van der Waals surface area contributed by atoms with Crippen LogP contribution in [0.3, 0.4) is 0 Å². The first-order chi connectivity index (χ1) is 6.15. The standard InChI is InChI=1S/C7H6N2O4/c8-6-3-5(9(11)12)1-2-7(6)13-4-10/h1-4H,8H2. The molecule has 0 radical (unpaired) electrons. The highest BCUT2D eigenvalue weighted by Gasteiger charge is 2.08. The number of nitrogens with two attached hydrogens (primary N) is 1. The number of benzene rings is 1. The summed E-state index contributed by atoms with van der Waals surface area (Å²) in [7, 11) is 0. The average Bonchev–Trinajstić information content (AvgIpc) is 2.08. The van der Waals surface area contributed by atoms with Gasteiger partial charge in [-0.1, -0.05) is 0 Å². The number of nitrogen functional groups attached to an aromatic ring is 1. The summed E-state index contributed by atoms with van der Waals surface area (Å²) >= 11 is 0. The first-order valence-corrected chi connectivity index (χ1v) is 3.29. The maximum Gasteiger partial charge on any atom is 0.298 e. The normalized spacial score (nSPS) is 9.23. The quantitative estimate of drug-likeness (QED) is 0.321. The van der Waals surface area contributed by atoms with Gasteiger partial charge >= 0.3 is 0 Å². The summed E-state index contributed by atoms with van der Waals surface area (Å²) in [5.74, 6) is 0.112.